The third kappa shape index (κ3) is 2.48. The molecular weight excluding hydrogens is 222 g/mol. The summed E-state index contributed by atoms with van der Waals surface area (Å²) in [5, 5.41) is 0. The number of hydrogen-bond donors (Lipinski definition) is 1. The molecule has 0 spiro atoms. The van der Waals surface area contributed by atoms with Crippen LogP contribution in [0.25, 0.3) is 0 Å². The highest BCUT2D eigenvalue weighted by molar-refractivity contribution is 5.23. The molecule has 1 aliphatic rings. The summed E-state index contributed by atoms with van der Waals surface area (Å²) in [6.45, 7) is 1.40. The lowest BCUT2D eigenvalue weighted by molar-refractivity contribution is 0.122. The molecular formula is C13H18F2N2. The standard InChI is InChI=1S/C13H18F2N2/c1-17-6-2-3-9(8-16)13(17)11-7-10(14)4-5-12(11)15/h4-5,7,9,13H,2-3,6,8,16H2,1H3/t9-,13+/m1/s1. The van der Waals surface area contributed by atoms with Gasteiger partial charge in [0.05, 0.1) is 0 Å². The number of nitrogens with two attached hydrogens (primary N) is 1. The predicted molar refractivity (Wildman–Crippen MR) is 63.5 cm³/mol. The van der Waals surface area contributed by atoms with Crippen molar-refractivity contribution in [2.24, 2.45) is 11.7 Å². The van der Waals surface area contributed by atoms with E-state index in [1.165, 1.54) is 12.1 Å². The summed E-state index contributed by atoms with van der Waals surface area (Å²) in [6, 6.07) is 3.54. The van der Waals surface area contributed by atoms with Gasteiger partial charge in [-0.2, -0.15) is 0 Å². The Hall–Kier alpha value is -1.00. The second kappa shape index (κ2) is 5.10. The molecule has 94 valence electrons. The first kappa shape index (κ1) is 12.5. The van der Waals surface area contributed by atoms with E-state index in [0.29, 0.717) is 12.1 Å². The van der Waals surface area contributed by atoms with Gasteiger partial charge in [-0.25, -0.2) is 8.78 Å². The zero-order valence-corrected chi connectivity index (χ0v) is 10.00. The summed E-state index contributed by atoms with van der Waals surface area (Å²) in [7, 11) is 1.94. The Labute approximate surface area is 100 Å². The van der Waals surface area contributed by atoms with Gasteiger partial charge in [0, 0.05) is 11.6 Å². The molecule has 1 saturated heterocycles. The van der Waals surface area contributed by atoms with Crippen molar-refractivity contribution in [1.82, 2.24) is 4.90 Å². The number of likely N-dealkylation sites (tertiary alicyclic amines) is 1. The number of rotatable bonds is 2. The largest absolute Gasteiger partial charge is 0.330 e. The fraction of sp³-hybridized carbons (Fsp3) is 0.538. The molecule has 0 radical (unpaired) electrons. The zero-order valence-electron chi connectivity index (χ0n) is 10.00. The van der Waals surface area contributed by atoms with Crippen LogP contribution in [0.15, 0.2) is 18.2 Å². The molecule has 0 unspecified atom stereocenters. The highest BCUT2D eigenvalue weighted by atomic mass is 19.1. The molecule has 0 amide bonds. The summed E-state index contributed by atoms with van der Waals surface area (Å²) in [5.41, 5.74) is 6.17. The van der Waals surface area contributed by atoms with Crippen molar-refractivity contribution < 1.29 is 8.78 Å². The minimum absolute atomic E-state index is 0.107. The van der Waals surface area contributed by atoms with E-state index in [9.17, 15) is 8.78 Å². The monoisotopic (exact) mass is 240 g/mol. The van der Waals surface area contributed by atoms with Gasteiger partial charge in [0.2, 0.25) is 0 Å². The van der Waals surface area contributed by atoms with Crippen LogP contribution in [-0.2, 0) is 0 Å². The molecule has 0 bridgehead atoms. The van der Waals surface area contributed by atoms with Crippen LogP contribution in [-0.4, -0.2) is 25.0 Å². The second-order valence-electron chi connectivity index (χ2n) is 4.73. The lowest BCUT2D eigenvalue weighted by atomic mass is 9.85. The highest BCUT2D eigenvalue weighted by Crippen LogP contribution is 2.35. The van der Waals surface area contributed by atoms with Crippen molar-refractivity contribution in [2.75, 3.05) is 20.1 Å². The van der Waals surface area contributed by atoms with Gasteiger partial charge in [0.15, 0.2) is 0 Å². The van der Waals surface area contributed by atoms with Crippen LogP contribution in [0.5, 0.6) is 0 Å². The first-order valence-electron chi connectivity index (χ1n) is 5.98. The Morgan fingerprint density at radius 1 is 1.41 bits per heavy atom. The molecule has 0 aliphatic carbocycles. The summed E-state index contributed by atoms with van der Waals surface area (Å²) >= 11 is 0. The molecule has 1 aromatic carbocycles. The molecule has 17 heavy (non-hydrogen) atoms. The van der Waals surface area contributed by atoms with Gasteiger partial charge in [-0.15, -0.1) is 0 Å². The Morgan fingerprint density at radius 3 is 2.88 bits per heavy atom. The van der Waals surface area contributed by atoms with Gasteiger partial charge in [-0.1, -0.05) is 0 Å². The van der Waals surface area contributed by atoms with Gasteiger partial charge in [0.1, 0.15) is 11.6 Å². The van der Waals surface area contributed by atoms with Crippen molar-refractivity contribution in [3.63, 3.8) is 0 Å². The van der Waals surface area contributed by atoms with Crippen LogP contribution in [0.2, 0.25) is 0 Å². The van der Waals surface area contributed by atoms with Gasteiger partial charge in [-0.3, -0.25) is 4.90 Å². The Kier molecular flexibility index (Phi) is 3.74. The zero-order chi connectivity index (χ0) is 12.4. The van der Waals surface area contributed by atoms with Gasteiger partial charge < -0.3 is 5.73 Å². The molecule has 2 rings (SSSR count). The van der Waals surface area contributed by atoms with Crippen molar-refractivity contribution in [1.29, 1.82) is 0 Å². The summed E-state index contributed by atoms with van der Waals surface area (Å²) in [6.07, 6.45) is 2.03. The third-order valence-corrected chi connectivity index (χ3v) is 3.59. The minimum atomic E-state index is -0.392. The maximum absolute atomic E-state index is 13.8. The Balaban J connectivity index is 2.37. The number of hydrogen-bond acceptors (Lipinski definition) is 2. The fourth-order valence-electron chi connectivity index (χ4n) is 2.74. The molecule has 2 atom stereocenters. The quantitative estimate of drug-likeness (QED) is 0.859. The Bertz CT molecular complexity index is 395. The molecule has 2 N–H and O–H groups in total. The smallest absolute Gasteiger partial charge is 0.128 e. The topological polar surface area (TPSA) is 29.3 Å². The lowest BCUT2D eigenvalue weighted by Gasteiger charge is -2.39. The minimum Gasteiger partial charge on any atom is -0.330 e. The van der Waals surface area contributed by atoms with Crippen molar-refractivity contribution in [3.05, 3.63) is 35.4 Å². The molecule has 4 heteroatoms. The van der Waals surface area contributed by atoms with E-state index < -0.39 is 5.82 Å². The van der Waals surface area contributed by atoms with E-state index in [4.69, 9.17) is 5.73 Å². The van der Waals surface area contributed by atoms with Crippen LogP contribution in [0, 0.1) is 17.6 Å². The summed E-state index contributed by atoms with van der Waals surface area (Å²) < 4.78 is 27.0. The number of halogens is 2. The van der Waals surface area contributed by atoms with Crippen molar-refractivity contribution in [2.45, 2.75) is 18.9 Å². The molecule has 1 aliphatic heterocycles. The second-order valence-corrected chi connectivity index (χ2v) is 4.73. The lowest BCUT2D eigenvalue weighted by Crippen LogP contribution is -2.39. The molecule has 0 saturated carbocycles. The maximum atomic E-state index is 13.8. The van der Waals surface area contributed by atoms with Crippen molar-refractivity contribution >= 4 is 0 Å². The SMILES string of the molecule is CN1CCC[C@H](CN)[C@H]1c1cc(F)ccc1F. The van der Waals surface area contributed by atoms with E-state index in [2.05, 4.69) is 4.90 Å². The van der Waals surface area contributed by atoms with E-state index in [-0.39, 0.29) is 17.8 Å². The van der Waals surface area contributed by atoms with Gasteiger partial charge in [-0.05, 0) is 57.1 Å². The highest BCUT2D eigenvalue weighted by Gasteiger charge is 2.31. The summed E-state index contributed by atoms with van der Waals surface area (Å²) in [5.74, 6) is -0.537. The predicted octanol–water partition coefficient (Wildman–Crippen LogP) is 2.31. The van der Waals surface area contributed by atoms with E-state index in [0.717, 1.165) is 25.5 Å². The fourth-order valence-corrected chi connectivity index (χ4v) is 2.74. The van der Waals surface area contributed by atoms with E-state index >= 15 is 0 Å². The van der Waals surface area contributed by atoms with Crippen LogP contribution < -0.4 is 5.73 Å². The van der Waals surface area contributed by atoms with Crippen LogP contribution in [0.1, 0.15) is 24.4 Å². The number of nitrogens with zero attached hydrogens (tertiary/aromatic N) is 1. The van der Waals surface area contributed by atoms with Gasteiger partial charge in [0.25, 0.3) is 0 Å². The first-order chi connectivity index (χ1) is 8.13. The van der Waals surface area contributed by atoms with Gasteiger partial charge >= 0.3 is 0 Å². The van der Waals surface area contributed by atoms with Crippen LogP contribution >= 0.6 is 0 Å². The summed E-state index contributed by atoms with van der Waals surface area (Å²) in [4.78, 5) is 2.07. The van der Waals surface area contributed by atoms with E-state index in [1.54, 1.807) is 0 Å². The third-order valence-electron chi connectivity index (χ3n) is 3.59. The average molecular weight is 240 g/mol. The maximum Gasteiger partial charge on any atom is 0.128 e. The van der Waals surface area contributed by atoms with Crippen LogP contribution in [0.4, 0.5) is 8.78 Å². The molecule has 0 aromatic heterocycles. The van der Waals surface area contributed by atoms with Crippen molar-refractivity contribution in [3.8, 4) is 0 Å². The first-order valence-corrected chi connectivity index (χ1v) is 5.98. The number of benzene rings is 1. The molecule has 1 aromatic rings. The normalized spacial score (nSPS) is 26.1. The number of piperidine rings is 1. The molecule has 2 nitrogen and oxygen atoms in total. The van der Waals surface area contributed by atoms with E-state index in [1.807, 2.05) is 7.05 Å². The van der Waals surface area contributed by atoms with Crippen LogP contribution in [0.3, 0.4) is 0 Å². The molecule has 1 fully saturated rings. The molecule has 1 heterocycles. The average Bonchev–Trinajstić information content (AvgIpc) is 2.32. The Morgan fingerprint density at radius 2 is 2.18 bits per heavy atom.